The fourth-order valence-corrected chi connectivity index (χ4v) is 2.31. The first kappa shape index (κ1) is 16.3. The van der Waals surface area contributed by atoms with Crippen LogP contribution >= 0.6 is 15.9 Å². The Kier molecular flexibility index (Phi) is 5.00. The molecule has 1 aliphatic heterocycles. The Hall–Kier alpha value is -2.54. The van der Waals surface area contributed by atoms with E-state index in [9.17, 15) is 4.79 Å². The smallest absolute Gasteiger partial charge is 0.277 e. The molecule has 0 radical (unpaired) electrons. The lowest BCUT2D eigenvalue weighted by Crippen LogP contribution is -2.25. The lowest BCUT2D eigenvalue weighted by molar-refractivity contribution is -0.123. The number of rotatable bonds is 5. The van der Waals surface area contributed by atoms with E-state index in [1.54, 1.807) is 19.1 Å². The second-order valence-electron chi connectivity index (χ2n) is 5.04. The van der Waals surface area contributed by atoms with Crippen LogP contribution in [0.2, 0.25) is 0 Å². The van der Waals surface area contributed by atoms with Crippen LogP contribution in [0, 0.1) is 0 Å². The van der Waals surface area contributed by atoms with Crippen LogP contribution in [0.3, 0.4) is 0 Å². The molecule has 0 saturated heterocycles. The van der Waals surface area contributed by atoms with Crippen LogP contribution in [0.25, 0.3) is 0 Å². The van der Waals surface area contributed by atoms with Gasteiger partial charge in [-0.2, -0.15) is 5.10 Å². The van der Waals surface area contributed by atoms with Crippen molar-refractivity contribution >= 4 is 27.5 Å². The number of hydrogen-bond acceptors (Lipinski definition) is 5. The Labute approximate surface area is 147 Å². The van der Waals surface area contributed by atoms with Crippen LogP contribution in [0.1, 0.15) is 12.5 Å². The zero-order valence-corrected chi connectivity index (χ0v) is 14.5. The van der Waals surface area contributed by atoms with Gasteiger partial charge in [-0.15, -0.1) is 0 Å². The van der Waals surface area contributed by atoms with Gasteiger partial charge in [0.15, 0.2) is 18.1 Å². The van der Waals surface area contributed by atoms with Crippen molar-refractivity contribution in [3.05, 3.63) is 52.5 Å². The minimum Gasteiger partial charge on any atom is -0.484 e. The van der Waals surface area contributed by atoms with Gasteiger partial charge in [-0.25, -0.2) is 5.43 Å². The minimum absolute atomic E-state index is 0.112. The fourth-order valence-electron chi connectivity index (χ4n) is 2.04. The van der Waals surface area contributed by atoms with Gasteiger partial charge in [-0.05, 0) is 49.4 Å². The van der Waals surface area contributed by atoms with E-state index in [-0.39, 0.29) is 19.3 Å². The summed E-state index contributed by atoms with van der Waals surface area (Å²) in [6.45, 7) is 1.91. The Balaban J connectivity index is 1.54. The molecule has 1 amide bonds. The Bertz CT molecular complexity index is 775. The van der Waals surface area contributed by atoms with E-state index in [4.69, 9.17) is 14.2 Å². The average molecular weight is 391 g/mol. The molecule has 1 aliphatic rings. The van der Waals surface area contributed by atoms with Gasteiger partial charge >= 0.3 is 0 Å². The summed E-state index contributed by atoms with van der Waals surface area (Å²) in [5.41, 5.74) is 3.97. The van der Waals surface area contributed by atoms with Crippen molar-refractivity contribution in [3.8, 4) is 17.2 Å². The lowest BCUT2D eigenvalue weighted by atomic mass is 10.1. The molecular formula is C17H15BrN2O4. The van der Waals surface area contributed by atoms with Crippen molar-refractivity contribution in [2.75, 3.05) is 13.4 Å². The van der Waals surface area contributed by atoms with Crippen LogP contribution in [-0.4, -0.2) is 25.0 Å². The number of hydrazone groups is 1. The maximum absolute atomic E-state index is 11.8. The molecule has 0 atom stereocenters. The van der Waals surface area contributed by atoms with Gasteiger partial charge in [-0.3, -0.25) is 4.79 Å². The molecule has 0 spiro atoms. The van der Waals surface area contributed by atoms with Crippen molar-refractivity contribution in [2.45, 2.75) is 6.92 Å². The van der Waals surface area contributed by atoms with Gasteiger partial charge in [-0.1, -0.05) is 15.9 Å². The third-order valence-corrected chi connectivity index (χ3v) is 3.85. The number of hydrogen-bond donors (Lipinski definition) is 1. The predicted molar refractivity (Wildman–Crippen MR) is 92.6 cm³/mol. The Morgan fingerprint density at radius 2 is 1.96 bits per heavy atom. The number of halogens is 1. The molecule has 7 heteroatoms. The summed E-state index contributed by atoms with van der Waals surface area (Å²) in [6.07, 6.45) is 0. The molecule has 0 aromatic heterocycles. The number of nitrogens with zero attached hydrogens (tertiary/aromatic N) is 1. The van der Waals surface area contributed by atoms with E-state index in [0.29, 0.717) is 23.0 Å². The number of amides is 1. The van der Waals surface area contributed by atoms with Crippen LogP contribution < -0.4 is 19.6 Å². The molecule has 1 N–H and O–H groups in total. The minimum atomic E-state index is -0.335. The third-order valence-electron chi connectivity index (χ3n) is 3.32. The highest BCUT2D eigenvalue weighted by Crippen LogP contribution is 2.32. The maximum atomic E-state index is 11.8. The fraction of sp³-hybridized carbons (Fsp3) is 0.176. The summed E-state index contributed by atoms with van der Waals surface area (Å²) >= 11 is 3.34. The normalized spacial score (nSPS) is 12.8. The van der Waals surface area contributed by atoms with E-state index in [1.165, 1.54) is 0 Å². The summed E-state index contributed by atoms with van der Waals surface area (Å²) in [7, 11) is 0. The summed E-state index contributed by atoms with van der Waals surface area (Å²) in [6, 6.07) is 12.7. The molecule has 24 heavy (non-hydrogen) atoms. The SMILES string of the molecule is CC(=NNC(=O)COc1ccc(Br)cc1)c1ccc2c(c1)OCO2. The van der Waals surface area contributed by atoms with Crippen LogP contribution in [-0.2, 0) is 4.79 Å². The van der Waals surface area contributed by atoms with Crippen molar-refractivity contribution in [1.29, 1.82) is 0 Å². The molecule has 0 aliphatic carbocycles. The van der Waals surface area contributed by atoms with E-state index in [1.807, 2.05) is 30.3 Å². The first-order valence-corrected chi connectivity index (χ1v) is 8.02. The molecule has 3 rings (SSSR count). The number of fused-ring (bicyclic) bond motifs is 1. The molecule has 2 aromatic rings. The van der Waals surface area contributed by atoms with Crippen LogP contribution in [0.15, 0.2) is 52.0 Å². The number of carbonyl (C=O) groups is 1. The maximum Gasteiger partial charge on any atom is 0.277 e. The van der Waals surface area contributed by atoms with Crippen LogP contribution in [0.5, 0.6) is 17.2 Å². The quantitative estimate of drug-likeness (QED) is 0.628. The number of ether oxygens (including phenoxy) is 3. The van der Waals surface area contributed by atoms with E-state index < -0.39 is 0 Å². The molecule has 0 saturated carbocycles. The molecule has 1 heterocycles. The summed E-state index contributed by atoms with van der Waals surface area (Å²) in [5, 5.41) is 4.08. The van der Waals surface area contributed by atoms with Gasteiger partial charge in [0.25, 0.3) is 5.91 Å². The van der Waals surface area contributed by atoms with Gasteiger partial charge in [0.1, 0.15) is 5.75 Å². The van der Waals surface area contributed by atoms with Gasteiger partial charge in [0, 0.05) is 10.0 Å². The molecule has 2 aromatic carbocycles. The highest BCUT2D eigenvalue weighted by Gasteiger charge is 2.14. The van der Waals surface area contributed by atoms with Crippen molar-refractivity contribution in [2.24, 2.45) is 5.10 Å². The molecule has 0 bridgehead atoms. The van der Waals surface area contributed by atoms with E-state index in [0.717, 1.165) is 10.0 Å². The summed E-state index contributed by atoms with van der Waals surface area (Å²) < 4.78 is 16.9. The summed E-state index contributed by atoms with van der Waals surface area (Å²) in [5.74, 6) is 1.66. The second-order valence-corrected chi connectivity index (χ2v) is 5.96. The second kappa shape index (κ2) is 7.35. The topological polar surface area (TPSA) is 69.2 Å². The molecule has 6 nitrogen and oxygen atoms in total. The average Bonchev–Trinajstić information content (AvgIpc) is 3.06. The first-order chi connectivity index (χ1) is 11.6. The highest BCUT2D eigenvalue weighted by molar-refractivity contribution is 9.10. The van der Waals surface area contributed by atoms with E-state index in [2.05, 4.69) is 26.5 Å². The molecule has 0 fully saturated rings. The Morgan fingerprint density at radius 1 is 1.21 bits per heavy atom. The van der Waals surface area contributed by atoms with Crippen molar-refractivity contribution in [1.82, 2.24) is 5.43 Å². The monoisotopic (exact) mass is 390 g/mol. The van der Waals surface area contributed by atoms with Crippen molar-refractivity contribution in [3.63, 3.8) is 0 Å². The standard InChI is InChI=1S/C17H15BrN2O4/c1-11(12-2-7-15-16(8-12)24-10-23-15)19-20-17(21)9-22-14-5-3-13(18)4-6-14/h2-8H,9-10H2,1H3,(H,20,21). The lowest BCUT2D eigenvalue weighted by Gasteiger charge is -2.06. The van der Waals surface area contributed by atoms with Gasteiger partial charge < -0.3 is 14.2 Å². The summed E-state index contributed by atoms with van der Waals surface area (Å²) in [4.78, 5) is 11.8. The zero-order chi connectivity index (χ0) is 16.9. The number of carbonyl (C=O) groups excluding carboxylic acids is 1. The van der Waals surface area contributed by atoms with Crippen LogP contribution in [0.4, 0.5) is 0 Å². The zero-order valence-electron chi connectivity index (χ0n) is 12.9. The molecule has 124 valence electrons. The first-order valence-electron chi connectivity index (χ1n) is 7.23. The predicted octanol–water partition coefficient (Wildman–Crippen LogP) is 3.10. The Morgan fingerprint density at radius 3 is 2.75 bits per heavy atom. The van der Waals surface area contributed by atoms with E-state index >= 15 is 0 Å². The number of benzene rings is 2. The van der Waals surface area contributed by atoms with Gasteiger partial charge in [0.2, 0.25) is 6.79 Å². The highest BCUT2D eigenvalue weighted by atomic mass is 79.9. The number of nitrogens with one attached hydrogen (secondary N) is 1. The third kappa shape index (κ3) is 4.05. The molecule has 0 unspecified atom stereocenters. The van der Waals surface area contributed by atoms with Crippen molar-refractivity contribution < 1.29 is 19.0 Å². The largest absolute Gasteiger partial charge is 0.484 e. The molecular weight excluding hydrogens is 376 g/mol. The van der Waals surface area contributed by atoms with Gasteiger partial charge in [0.05, 0.1) is 5.71 Å².